The molecule has 88 valence electrons. The molecule has 1 N–H and O–H groups in total. The topological polar surface area (TPSA) is 12.0 Å². The number of hydrogen-bond donors (Lipinski definition) is 1. The van der Waals surface area contributed by atoms with Crippen molar-refractivity contribution in [1.82, 2.24) is 5.32 Å². The van der Waals surface area contributed by atoms with Gasteiger partial charge in [-0.15, -0.1) is 6.58 Å². The first-order valence-electron chi connectivity index (χ1n) is 5.42. The van der Waals surface area contributed by atoms with Gasteiger partial charge in [0.15, 0.2) is 0 Å². The van der Waals surface area contributed by atoms with Crippen molar-refractivity contribution >= 4 is 15.9 Å². The molecule has 3 heteroatoms. The summed E-state index contributed by atoms with van der Waals surface area (Å²) in [6.07, 6.45) is 4.79. The van der Waals surface area contributed by atoms with E-state index in [0.29, 0.717) is 0 Å². The number of benzene rings is 1. The van der Waals surface area contributed by atoms with Crippen LogP contribution in [0.1, 0.15) is 30.9 Å². The lowest BCUT2D eigenvalue weighted by Gasteiger charge is -2.17. The van der Waals surface area contributed by atoms with Crippen LogP contribution in [0.4, 0.5) is 4.39 Å². The first kappa shape index (κ1) is 13.4. The molecule has 0 aliphatic rings. The van der Waals surface area contributed by atoms with Crippen molar-refractivity contribution < 1.29 is 4.39 Å². The maximum Gasteiger partial charge on any atom is 0.128 e. The molecule has 0 spiro atoms. The van der Waals surface area contributed by atoms with Crippen LogP contribution in [-0.4, -0.2) is 7.05 Å². The molecule has 1 nitrogen and oxygen atoms in total. The summed E-state index contributed by atoms with van der Waals surface area (Å²) in [6, 6.07) is 5.12. The highest BCUT2D eigenvalue weighted by molar-refractivity contribution is 9.10. The van der Waals surface area contributed by atoms with Crippen LogP contribution in [0.5, 0.6) is 0 Å². The summed E-state index contributed by atoms with van der Waals surface area (Å²) in [7, 11) is 1.86. The fourth-order valence-electron chi connectivity index (χ4n) is 1.70. The van der Waals surface area contributed by atoms with Crippen LogP contribution in [0.15, 0.2) is 35.3 Å². The molecule has 1 atom stereocenters. The molecule has 0 saturated carbocycles. The summed E-state index contributed by atoms with van der Waals surface area (Å²) in [6.45, 7) is 3.69. The lowest BCUT2D eigenvalue weighted by Crippen LogP contribution is -2.17. The Hall–Kier alpha value is -0.670. The lowest BCUT2D eigenvalue weighted by atomic mass is 10.0. The Morgan fingerprint density at radius 1 is 1.56 bits per heavy atom. The molecule has 0 aliphatic heterocycles. The van der Waals surface area contributed by atoms with Gasteiger partial charge in [0.2, 0.25) is 0 Å². The third-order valence-corrected chi connectivity index (χ3v) is 3.08. The monoisotopic (exact) mass is 285 g/mol. The quantitative estimate of drug-likeness (QED) is 0.610. The zero-order valence-electron chi connectivity index (χ0n) is 9.47. The highest BCUT2D eigenvalue weighted by Gasteiger charge is 2.13. The van der Waals surface area contributed by atoms with Crippen LogP contribution < -0.4 is 5.32 Å². The van der Waals surface area contributed by atoms with Gasteiger partial charge in [-0.25, -0.2) is 4.39 Å². The highest BCUT2D eigenvalue weighted by Crippen LogP contribution is 2.25. The zero-order chi connectivity index (χ0) is 12.0. The van der Waals surface area contributed by atoms with Crippen LogP contribution in [-0.2, 0) is 0 Å². The molecular weight excluding hydrogens is 269 g/mol. The van der Waals surface area contributed by atoms with E-state index < -0.39 is 0 Å². The fraction of sp³-hybridized carbons (Fsp3) is 0.385. The van der Waals surface area contributed by atoms with Gasteiger partial charge in [-0.3, -0.25) is 0 Å². The van der Waals surface area contributed by atoms with Gasteiger partial charge in [-0.1, -0.05) is 22.0 Å². The van der Waals surface area contributed by atoms with Crippen molar-refractivity contribution in [1.29, 1.82) is 0 Å². The van der Waals surface area contributed by atoms with Crippen LogP contribution in [0, 0.1) is 5.82 Å². The lowest BCUT2D eigenvalue weighted by molar-refractivity contribution is 0.496. The largest absolute Gasteiger partial charge is 0.313 e. The number of unbranched alkanes of at least 4 members (excludes halogenated alkanes) is 1. The molecule has 1 aromatic carbocycles. The maximum atomic E-state index is 13.6. The average molecular weight is 286 g/mol. The minimum atomic E-state index is -0.152. The predicted molar refractivity (Wildman–Crippen MR) is 69.9 cm³/mol. The van der Waals surface area contributed by atoms with E-state index in [2.05, 4.69) is 27.8 Å². The number of halogens is 2. The Kier molecular flexibility index (Phi) is 5.71. The summed E-state index contributed by atoms with van der Waals surface area (Å²) >= 11 is 3.37. The number of nitrogens with one attached hydrogen (secondary N) is 1. The van der Waals surface area contributed by atoms with Gasteiger partial charge < -0.3 is 5.32 Å². The van der Waals surface area contributed by atoms with E-state index in [0.717, 1.165) is 29.3 Å². The Morgan fingerprint density at radius 3 is 2.94 bits per heavy atom. The Bertz CT molecular complexity index is 352. The molecule has 1 aromatic rings. The van der Waals surface area contributed by atoms with Crippen molar-refractivity contribution in [2.24, 2.45) is 0 Å². The maximum absolute atomic E-state index is 13.6. The number of allylic oxidation sites excluding steroid dienone is 1. The van der Waals surface area contributed by atoms with Gasteiger partial charge >= 0.3 is 0 Å². The summed E-state index contributed by atoms with van der Waals surface area (Å²) in [5.41, 5.74) is 0.723. The summed E-state index contributed by atoms with van der Waals surface area (Å²) in [5.74, 6) is -0.152. The zero-order valence-corrected chi connectivity index (χ0v) is 11.1. The molecular formula is C13H17BrFN. The van der Waals surface area contributed by atoms with E-state index >= 15 is 0 Å². The third-order valence-electron chi connectivity index (χ3n) is 2.58. The van der Waals surface area contributed by atoms with E-state index in [9.17, 15) is 4.39 Å². The SMILES string of the molecule is C=CCCCC(NC)c1cc(Br)ccc1F. The molecule has 0 heterocycles. The molecule has 0 radical (unpaired) electrons. The van der Waals surface area contributed by atoms with E-state index in [1.165, 1.54) is 6.07 Å². The second-order valence-corrected chi connectivity index (χ2v) is 4.64. The van der Waals surface area contributed by atoms with Gasteiger partial charge in [-0.2, -0.15) is 0 Å². The summed E-state index contributed by atoms with van der Waals surface area (Å²) in [5, 5.41) is 3.15. The standard InChI is InChI=1S/C13H17BrFN/c1-3-4-5-6-13(16-2)11-9-10(14)7-8-12(11)15/h3,7-9,13,16H,1,4-6H2,2H3. The molecule has 0 aliphatic carbocycles. The molecule has 1 unspecified atom stereocenters. The Morgan fingerprint density at radius 2 is 2.31 bits per heavy atom. The first-order chi connectivity index (χ1) is 7.69. The van der Waals surface area contributed by atoms with Gasteiger partial charge in [0.05, 0.1) is 0 Å². The van der Waals surface area contributed by atoms with Crippen LogP contribution in [0.2, 0.25) is 0 Å². The molecule has 1 rings (SSSR count). The van der Waals surface area contributed by atoms with Crippen molar-refractivity contribution in [3.8, 4) is 0 Å². The predicted octanol–water partition coefficient (Wildman–Crippen LogP) is 4.21. The first-order valence-corrected chi connectivity index (χ1v) is 6.21. The van der Waals surface area contributed by atoms with Gasteiger partial charge in [0.25, 0.3) is 0 Å². The van der Waals surface area contributed by atoms with Gasteiger partial charge in [0.1, 0.15) is 5.82 Å². The Balaban J connectivity index is 2.77. The van der Waals surface area contributed by atoms with E-state index in [4.69, 9.17) is 0 Å². The van der Waals surface area contributed by atoms with Crippen molar-refractivity contribution in [3.63, 3.8) is 0 Å². The molecule has 0 fully saturated rings. The van der Waals surface area contributed by atoms with Crippen LogP contribution >= 0.6 is 15.9 Å². The molecule has 0 bridgehead atoms. The van der Waals surface area contributed by atoms with Crippen molar-refractivity contribution in [2.45, 2.75) is 25.3 Å². The minimum absolute atomic E-state index is 0.0671. The third kappa shape index (κ3) is 3.72. The van der Waals surface area contributed by atoms with Crippen LogP contribution in [0.3, 0.4) is 0 Å². The second kappa shape index (κ2) is 6.81. The Labute approximate surface area is 105 Å². The molecule has 16 heavy (non-hydrogen) atoms. The van der Waals surface area contributed by atoms with E-state index in [1.807, 2.05) is 19.2 Å². The van der Waals surface area contributed by atoms with Gasteiger partial charge in [-0.05, 0) is 44.5 Å². The van der Waals surface area contributed by atoms with Gasteiger partial charge in [0, 0.05) is 16.1 Å². The fourth-order valence-corrected chi connectivity index (χ4v) is 2.08. The molecule has 0 amide bonds. The van der Waals surface area contributed by atoms with E-state index in [1.54, 1.807) is 6.07 Å². The summed E-state index contributed by atoms with van der Waals surface area (Å²) < 4.78 is 14.5. The number of rotatable bonds is 6. The average Bonchev–Trinajstić information content (AvgIpc) is 2.28. The van der Waals surface area contributed by atoms with Crippen LogP contribution in [0.25, 0.3) is 0 Å². The van der Waals surface area contributed by atoms with Crippen molar-refractivity contribution in [2.75, 3.05) is 7.05 Å². The molecule has 0 saturated heterocycles. The molecule has 0 aromatic heterocycles. The highest BCUT2D eigenvalue weighted by atomic mass is 79.9. The number of hydrogen-bond acceptors (Lipinski definition) is 1. The van der Waals surface area contributed by atoms with E-state index in [-0.39, 0.29) is 11.9 Å². The minimum Gasteiger partial charge on any atom is -0.313 e. The smallest absolute Gasteiger partial charge is 0.128 e. The second-order valence-electron chi connectivity index (χ2n) is 3.73. The summed E-state index contributed by atoms with van der Waals surface area (Å²) in [4.78, 5) is 0. The normalized spacial score (nSPS) is 12.4. The van der Waals surface area contributed by atoms with Crippen molar-refractivity contribution in [3.05, 3.63) is 46.7 Å².